The van der Waals surface area contributed by atoms with Crippen LogP contribution in [-0.4, -0.2) is 17.4 Å². The van der Waals surface area contributed by atoms with E-state index in [1.807, 2.05) is 6.92 Å². The first-order valence-corrected chi connectivity index (χ1v) is 8.07. The molecule has 0 spiro atoms. The summed E-state index contributed by atoms with van der Waals surface area (Å²) in [4.78, 5) is 12.2. The van der Waals surface area contributed by atoms with Crippen LogP contribution in [0.4, 0.5) is 8.78 Å². The van der Waals surface area contributed by atoms with E-state index in [4.69, 9.17) is 0 Å². The molecule has 0 radical (unpaired) electrons. The summed E-state index contributed by atoms with van der Waals surface area (Å²) < 4.78 is 26.4. The highest BCUT2D eigenvalue weighted by atomic mass is 32.2. The first-order valence-electron chi connectivity index (χ1n) is 7.09. The molecular formula is C17H16F2N2OS. The zero-order valence-corrected chi connectivity index (χ0v) is 13.4. The van der Waals surface area contributed by atoms with Crippen molar-refractivity contribution >= 4 is 23.4 Å². The van der Waals surface area contributed by atoms with Gasteiger partial charge < -0.3 is 0 Å². The molecule has 0 bridgehead atoms. The number of hydrogen-bond donors (Lipinski definition) is 1. The van der Waals surface area contributed by atoms with E-state index in [0.717, 1.165) is 17.3 Å². The summed E-state index contributed by atoms with van der Waals surface area (Å²) in [6, 6.07) is 12.2. The van der Waals surface area contributed by atoms with Crippen LogP contribution < -0.4 is 5.43 Å². The van der Waals surface area contributed by atoms with Crippen molar-refractivity contribution in [2.24, 2.45) is 5.10 Å². The lowest BCUT2D eigenvalue weighted by Gasteiger charge is -2.06. The second-order valence-electron chi connectivity index (χ2n) is 4.67. The lowest BCUT2D eigenvalue weighted by molar-refractivity contribution is -0.118. The molecule has 1 N–H and O–H groups in total. The number of carbonyl (C=O) groups is 1. The van der Waals surface area contributed by atoms with Gasteiger partial charge in [-0.2, -0.15) is 5.10 Å². The molecular weight excluding hydrogens is 318 g/mol. The number of hydrazone groups is 1. The molecule has 0 saturated carbocycles. The molecule has 0 saturated heterocycles. The summed E-state index contributed by atoms with van der Waals surface area (Å²) in [5.41, 5.74) is 3.84. The van der Waals surface area contributed by atoms with E-state index in [1.54, 1.807) is 30.3 Å². The molecule has 0 aromatic heterocycles. The Labute approximate surface area is 137 Å². The number of carbonyl (C=O) groups excluding carboxylic acids is 1. The van der Waals surface area contributed by atoms with E-state index in [9.17, 15) is 13.6 Å². The van der Waals surface area contributed by atoms with Gasteiger partial charge in [0.15, 0.2) is 0 Å². The summed E-state index contributed by atoms with van der Waals surface area (Å²) in [5, 5.41) is 4.06. The monoisotopic (exact) mass is 334 g/mol. The minimum Gasteiger partial charge on any atom is -0.272 e. The molecule has 0 atom stereocenters. The molecule has 0 fully saturated rings. The van der Waals surface area contributed by atoms with E-state index in [2.05, 4.69) is 10.5 Å². The molecule has 0 aliphatic heterocycles. The van der Waals surface area contributed by atoms with Gasteiger partial charge in [0.25, 0.3) is 0 Å². The quantitative estimate of drug-likeness (QED) is 0.493. The van der Waals surface area contributed by atoms with Gasteiger partial charge in [0, 0.05) is 4.90 Å². The zero-order valence-electron chi connectivity index (χ0n) is 12.6. The predicted molar refractivity (Wildman–Crippen MR) is 88.5 cm³/mol. The van der Waals surface area contributed by atoms with Crippen molar-refractivity contribution in [3.63, 3.8) is 0 Å². The van der Waals surface area contributed by atoms with Crippen LogP contribution in [0.2, 0.25) is 0 Å². The average molecular weight is 334 g/mol. The number of benzene rings is 2. The van der Waals surface area contributed by atoms with Gasteiger partial charge in [-0.15, -0.1) is 11.8 Å². The van der Waals surface area contributed by atoms with E-state index < -0.39 is 0 Å². The Kier molecular flexibility index (Phi) is 6.29. The van der Waals surface area contributed by atoms with Crippen LogP contribution in [0.3, 0.4) is 0 Å². The first-order chi connectivity index (χ1) is 11.1. The lowest BCUT2D eigenvalue weighted by Crippen LogP contribution is -2.21. The van der Waals surface area contributed by atoms with Crippen LogP contribution in [0.25, 0.3) is 0 Å². The van der Waals surface area contributed by atoms with Gasteiger partial charge in [0.2, 0.25) is 5.91 Å². The van der Waals surface area contributed by atoms with E-state index in [-0.39, 0.29) is 23.3 Å². The molecule has 23 heavy (non-hydrogen) atoms. The topological polar surface area (TPSA) is 41.5 Å². The van der Waals surface area contributed by atoms with Crippen molar-refractivity contribution < 1.29 is 13.6 Å². The normalized spacial score (nSPS) is 11.3. The third kappa shape index (κ3) is 5.17. The number of thioether (sulfide) groups is 1. The summed E-state index contributed by atoms with van der Waals surface area (Å²) in [5.74, 6) is -0.944. The molecule has 1 amide bonds. The molecule has 2 aromatic rings. The van der Waals surface area contributed by atoms with Crippen LogP contribution in [0, 0.1) is 11.6 Å². The molecule has 0 aliphatic rings. The Hall–Kier alpha value is -2.21. The van der Waals surface area contributed by atoms with Crippen molar-refractivity contribution in [3.05, 3.63) is 65.7 Å². The van der Waals surface area contributed by atoms with E-state index >= 15 is 0 Å². The van der Waals surface area contributed by atoms with Gasteiger partial charge in [0.05, 0.1) is 11.5 Å². The van der Waals surface area contributed by atoms with Crippen LogP contribution in [-0.2, 0) is 4.79 Å². The van der Waals surface area contributed by atoms with Gasteiger partial charge in [0.1, 0.15) is 11.6 Å². The molecule has 120 valence electrons. The van der Waals surface area contributed by atoms with Crippen LogP contribution >= 0.6 is 11.8 Å². The maximum absolute atomic E-state index is 13.5. The summed E-state index contributed by atoms with van der Waals surface area (Å²) in [6.07, 6.45) is 0.590. The lowest BCUT2D eigenvalue weighted by atomic mass is 10.1. The molecule has 2 rings (SSSR count). The predicted octanol–water partition coefficient (Wildman–Crippen LogP) is 3.99. The fraction of sp³-hybridized carbons (Fsp3) is 0.176. The van der Waals surface area contributed by atoms with Gasteiger partial charge in [-0.05, 0) is 36.2 Å². The van der Waals surface area contributed by atoms with Crippen molar-refractivity contribution in [2.75, 3.05) is 5.75 Å². The summed E-state index contributed by atoms with van der Waals surface area (Å²) in [6.45, 7) is 1.89. The molecule has 2 aromatic carbocycles. The second kappa shape index (κ2) is 8.43. The highest BCUT2D eigenvalue weighted by Crippen LogP contribution is 2.20. The van der Waals surface area contributed by atoms with E-state index in [0.29, 0.717) is 17.0 Å². The number of hydrogen-bond acceptors (Lipinski definition) is 3. The van der Waals surface area contributed by atoms with Crippen LogP contribution in [0.5, 0.6) is 0 Å². The number of halogens is 2. The molecule has 0 aliphatic carbocycles. The minimum absolute atomic E-state index is 0.0604. The maximum Gasteiger partial charge on any atom is 0.250 e. The fourth-order valence-electron chi connectivity index (χ4n) is 1.86. The third-order valence-electron chi connectivity index (χ3n) is 3.02. The molecule has 6 heteroatoms. The minimum atomic E-state index is -0.352. The number of amides is 1. The number of nitrogens with zero attached hydrogens (tertiary/aromatic N) is 1. The largest absolute Gasteiger partial charge is 0.272 e. The standard InChI is InChI=1S/C17H16F2N2OS/c1-2-15(12-7-9-13(18)10-8-12)20-21-17(22)11-23-16-6-4-3-5-14(16)19/h3-10H,2,11H2,1H3,(H,21,22)/b20-15-. The number of rotatable bonds is 6. The highest BCUT2D eigenvalue weighted by Gasteiger charge is 2.07. The van der Waals surface area contributed by atoms with Gasteiger partial charge in [-0.3, -0.25) is 4.79 Å². The first kappa shape index (κ1) is 17.1. The molecule has 3 nitrogen and oxygen atoms in total. The van der Waals surface area contributed by atoms with Gasteiger partial charge in [-0.25, -0.2) is 14.2 Å². The Bertz CT molecular complexity index is 702. The maximum atomic E-state index is 13.5. The third-order valence-corrected chi connectivity index (χ3v) is 4.07. The average Bonchev–Trinajstić information content (AvgIpc) is 2.56. The van der Waals surface area contributed by atoms with Crippen LogP contribution in [0.15, 0.2) is 58.5 Å². The van der Waals surface area contributed by atoms with Crippen molar-refractivity contribution in [1.29, 1.82) is 0 Å². The Morgan fingerprint density at radius 1 is 1.13 bits per heavy atom. The van der Waals surface area contributed by atoms with Gasteiger partial charge >= 0.3 is 0 Å². The molecule has 0 heterocycles. The SMILES string of the molecule is CC/C(=N/NC(=O)CSc1ccccc1F)c1ccc(F)cc1. The van der Waals surface area contributed by atoms with Gasteiger partial charge in [-0.1, -0.05) is 31.2 Å². The van der Waals surface area contributed by atoms with Crippen molar-refractivity contribution in [2.45, 2.75) is 18.2 Å². The highest BCUT2D eigenvalue weighted by molar-refractivity contribution is 8.00. The molecule has 0 unspecified atom stereocenters. The smallest absolute Gasteiger partial charge is 0.250 e. The Balaban J connectivity index is 1.93. The fourth-order valence-corrected chi connectivity index (χ4v) is 2.59. The second-order valence-corrected chi connectivity index (χ2v) is 5.69. The zero-order chi connectivity index (χ0) is 16.7. The Morgan fingerprint density at radius 3 is 2.48 bits per heavy atom. The van der Waals surface area contributed by atoms with Crippen LogP contribution in [0.1, 0.15) is 18.9 Å². The number of nitrogens with one attached hydrogen (secondary N) is 1. The van der Waals surface area contributed by atoms with Crippen molar-refractivity contribution in [1.82, 2.24) is 5.43 Å². The van der Waals surface area contributed by atoms with Crippen molar-refractivity contribution in [3.8, 4) is 0 Å². The summed E-state index contributed by atoms with van der Waals surface area (Å²) in [7, 11) is 0. The van der Waals surface area contributed by atoms with E-state index in [1.165, 1.54) is 18.2 Å². The Morgan fingerprint density at radius 2 is 1.83 bits per heavy atom. The summed E-state index contributed by atoms with van der Waals surface area (Å²) >= 11 is 1.11.